The largest absolute Gasteiger partial charge is 0.477 e. The average Bonchev–Trinajstić information content (AvgIpc) is 3.41. The SMILES string of the molecule is C=C/C=C(\C=C)COC1(C(F)(F)F)CCCC(O)CCOc2nc(c(N(C)C(=O)OC(C)(C)C)cc2C(F)(F)F)-c2nnc1o2. The van der Waals surface area contributed by atoms with Crippen LogP contribution in [0, 0.1) is 0 Å². The van der Waals surface area contributed by atoms with E-state index in [9.17, 15) is 36.2 Å². The van der Waals surface area contributed by atoms with Crippen molar-refractivity contribution >= 4 is 11.8 Å². The van der Waals surface area contributed by atoms with E-state index in [-0.39, 0.29) is 24.8 Å². The Morgan fingerprint density at radius 1 is 1.18 bits per heavy atom. The van der Waals surface area contributed by atoms with Gasteiger partial charge in [0.25, 0.3) is 11.8 Å². The van der Waals surface area contributed by atoms with E-state index in [4.69, 9.17) is 18.6 Å². The van der Waals surface area contributed by atoms with Gasteiger partial charge in [0.05, 0.1) is 25.0 Å². The number of fused-ring (bicyclic) bond motifs is 5. The van der Waals surface area contributed by atoms with Crippen LogP contribution >= 0.6 is 0 Å². The van der Waals surface area contributed by atoms with Crippen molar-refractivity contribution in [1.82, 2.24) is 15.2 Å². The summed E-state index contributed by atoms with van der Waals surface area (Å²) in [6, 6.07) is 0.512. The van der Waals surface area contributed by atoms with E-state index in [0.29, 0.717) is 11.0 Å². The molecule has 1 N–H and O–H groups in total. The third kappa shape index (κ3) is 8.42. The molecule has 0 aromatic carbocycles. The summed E-state index contributed by atoms with van der Waals surface area (Å²) in [4.78, 5) is 17.5. The summed E-state index contributed by atoms with van der Waals surface area (Å²) in [5.74, 6) is -2.81. The summed E-state index contributed by atoms with van der Waals surface area (Å²) in [5.41, 5.74) is -6.62. The summed E-state index contributed by atoms with van der Waals surface area (Å²) in [6.45, 7) is 10.6. The molecule has 1 aliphatic rings. The number of pyridine rings is 1. The van der Waals surface area contributed by atoms with Crippen molar-refractivity contribution < 1.29 is 54.9 Å². The monoisotopic (exact) mass is 648 g/mol. The summed E-state index contributed by atoms with van der Waals surface area (Å²) in [7, 11) is 1.08. The van der Waals surface area contributed by atoms with Gasteiger partial charge < -0.3 is 23.7 Å². The number of anilines is 1. The Hall–Kier alpha value is -3.92. The van der Waals surface area contributed by atoms with Gasteiger partial charge >= 0.3 is 18.4 Å². The van der Waals surface area contributed by atoms with E-state index in [1.54, 1.807) is 0 Å². The number of hydrogen-bond acceptors (Lipinski definition) is 9. The highest BCUT2D eigenvalue weighted by Gasteiger charge is 2.61. The average molecular weight is 649 g/mol. The van der Waals surface area contributed by atoms with Crippen molar-refractivity contribution in [2.75, 3.05) is 25.2 Å². The van der Waals surface area contributed by atoms with Crippen LogP contribution in [0.1, 0.15) is 57.9 Å². The number of halogens is 6. The van der Waals surface area contributed by atoms with Crippen LogP contribution in [0.15, 0.2) is 47.4 Å². The lowest BCUT2D eigenvalue weighted by molar-refractivity contribution is -0.293. The van der Waals surface area contributed by atoms with Crippen molar-refractivity contribution in [2.24, 2.45) is 0 Å². The van der Waals surface area contributed by atoms with E-state index in [2.05, 4.69) is 28.3 Å². The topological polar surface area (TPSA) is 120 Å². The van der Waals surface area contributed by atoms with Crippen molar-refractivity contribution in [3.05, 3.63) is 54.5 Å². The number of carbonyl (C=O) groups is 1. The van der Waals surface area contributed by atoms with Crippen LogP contribution in [0.2, 0.25) is 0 Å². The number of alkyl halides is 6. The molecule has 0 saturated carbocycles. The van der Waals surface area contributed by atoms with Gasteiger partial charge in [0, 0.05) is 13.5 Å². The molecule has 3 rings (SSSR count). The normalized spacial score (nSPS) is 20.1. The molecule has 0 spiro atoms. The van der Waals surface area contributed by atoms with E-state index >= 15 is 0 Å². The number of aromatic nitrogens is 3. The lowest BCUT2D eigenvalue weighted by Crippen LogP contribution is -2.46. The molecule has 0 fully saturated rings. The second-order valence-corrected chi connectivity index (χ2v) is 11.1. The van der Waals surface area contributed by atoms with Gasteiger partial charge in [-0.1, -0.05) is 31.4 Å². The standard InChI is InChI=1S/C29H34F6N4O6/c1-7-10-17(8-2)16-43-27(29(33,34)35)13-9-11-18(40)12-14-42-22-19(28(30,31)32)15-20(39(6)25(41)45-26(3,4)5)21(36-22)23-37-38-24(27)44-23/h7-8,10,15,18,40H,1-2,9,11-14,16H2,3-6H3/b17-10+. The molecule has 2 aromatic rings. The number of allylic oxidation sites excluding steroid dienone is 2. The van der Waals surface area contributed by atoms with Gasteiger partial charge in [-0.2, -0.15) is 26.3 Å². The molecule has 2 atom stereocenters. The number of nitrogens with zero attached hydrogens (tertiary/aromatic N) is 4. The van der Waals surface area contributed by atoms with Gasteiger partial charge in [0.1, 0.15) is 11.2 Å². The van der Waals surface area contributed by atoms with E-state index in [0.717, 1.165) is 7.05 Å². The minimum Gasteiger partial charge on any atom is -0.477 e. The third-order valence-corrected chi connectivity index (χ3v) is 6.57. The van der Waals surface area contributed by atoms with E-state index in [1.807, 2.05) is 0 Å². The second kappa shape index (κ2) is 13.6. The summed E-state index contributed by atoms with van der Waals surface area (Å²) in [5, 5.41) is 17.7. The molecule has 2 aromatic heterocycles. The van der Waals surface area contributed by atoms with Crippen LogP contribution < -0.4 is 9.64 Å². The first-order valence-corrected chi connectivity index (χ1v) is 13.7. The molecule has 3 heterocycles. The van der Waals surface area contributed by atoms with E-state index in [1.165, 1.54) is 39.0 Å². The molecule has 16 heteroatoms. The number of rotatable bonds is 6. The quantitative estimate of drug-likeness (QED) is 0.263. The minimum absolute atomic E-state index is 0.188. The molecule has 248 valence electrons. The van der Waals surface area contributed by atoms with Gasteiger partial charge in [-0.15, -0.1) is 10.2 Å². The minimum atomic E-state index is -5.16. The molecule has 1 amide bonds. The molecule has 4 bridgehead atoms. The highest BCUT2D eigenvalue weighted by atomic mass is 19.4. The van der Waals surface area contributed by atoms with Crippen molar-refractivity contribution in [1.29, 1.82) is 0 Å². The Bertz CT molecular complexity index is 1420. The maximum absolute atomic E-state index is 14.9. The fraction of sp³-hybridized carbons (Fsp3) is 0.517. The molecule has 2 unspecified atom stereocenters. The van der Waals surface area contributed by atoms with Crippen LogP contribution in [0.5, 0.6) is 5.88 Å². The van der Waals surface area contributed by atoms with Crippen LogP contribution in [0.25, 0.3) is 11.6 Å². The molecule has 0 aliphatic carbocycles. The molecular formula is C29H34F6N4O6. The Labute approximate surface area is 255 Å². The molecule has 45 heavy (non-hydrogen) atoms. The zero-order valence-corrected chi connectivity index (χ0v) is 25.1. The summed E-state index contributed by atoms with van der Waals surface area (Å²) >= 11 is 0. The molecule has 0 saturated heterocycles. The zero-order chi connectivity index (χ0) is 33.8. The van der Waals surface area contributed by atoms with Crippen molar-refractivity contribution in [3.8, 4) is 17.5 Å². The highest BCUT2D eigenvalue weighted by molar-refractivity contribution is 5.91. The number of hydrogen-bond donors (Lipinski definition) is 1. The molecule has 0 radical (unpaired) electrons. The van der Waals surface area contributed by atoms with Gasteiger partial charge in [-0.3, -0.25) is 4.90 Å². The molecule has 10 nitrogen and oxygen atoms in total. The van der Waals surface area contributed by atoms with Gasteiger partial charge in [0.2, 0.25) is 11.5 Å². The summed E-state index contributed by atoms with van der Waals surface area (Å²) < 4.78 is 109. The van der Waals surface area contributed by atoms with Crippen LogP contribution in [-0.4, -0.2) is 64.5 Å². The Morgan fingerprint density at radius 3 is 2.44 bits per heavy atom. The summed E-state index contributed by atoms with van der Waals surface area (Å²) in [6.07, 6.45) is -10.0. The fourth-order valence-electron chi connectivity index (χ4n) is 4.26. The Morgan fingerprint density at radius 2 is 1.87 bits per heavy atom. The van der Waals surface area contributed by atoms with Crippen molar-refractivity contribution in [3.63, 3.8) is 0 Å². The lowest BCUT2D eigenvalue weighted by atomic mass is 9.93. The van der Waals surface area contributed by atoms with Gasteiger partial charge in [-0.25, -0.2) is 9.78 Å². The first-order valence-electron chi connectivity index (χ1n) is 13.7. The Balaban J connectivity index is 2.31. The number of aliphatic hydroxyl groups excluding tert-OH is 1. The van der Waals surface area contributed by atoms with E-state index < -0.39 is 90.0 Å². The zero-order valence-electron chi connectivity index (χ0n) is 25.1. The predicted octanol–water partition coefficient (Wildman–Crippen LogP) is 6.91. The van der Waals surface area contributed by atoms with Gasteiger partial charge in [0.15, 0.2) is 5.69 Å². The molecule has 1 aliphatic heterocycles. The van der Waals surface area contributed by atoms with Crippen LogP contribution in [-0.2, 0) is 21.3 Å². The predicted molar refractivity (Wildman–Crippen MR) is 149 cm³/mol. The third-order valence-electron chi connectivity index (χ3n) is 6.57. The first-order chi connectivity index (χ1) is 20.8. The van der Waals surface area contributed by atoms with Crippen LogP contribution in [0.4, 0.5) is 36.8 Å². The fourth-order valence-corrected chi connectivity index (χ4v) is 4.26. The first kappa shape index (κ1) is 35.6. The maximum atomic E-state index is 14.9. The second-order valence-electron chi connectivity index (χ2n) is 11.1. The molecular weight excluding hydrogens is 614 g/mol. The smallest absolute Gasteiger partial charge is 0.426 e. The highest BCUT2D eigenvalue weighted by Crippen LogP contribution is 2.48. The maximum Gasteiger partial charge on any atom is 0.426 e. The lowest BCUT2D eigenvalue weighted by Gasteiger charge is -2.33. The van der Waals surface area contributed by atoms with Crippen molar-refractivity contribution in [2.45, 2.75) is 76.1 Å². The van der Waals surface area contributed by atoms with Gasteiger partial charge in [-0.05, 0) is 51.7 Å². The Kier molecular flexibility index (Phi) is 10.7. The number of amides is 1. The van der Waals surface area contributed by atoms with Crippen LogP contribution in [0.3, 0.4) is 0 Å². The number of carbonyl (C=O) groups excluding carboxylic acids is 1. The number of ether oxygens (including phenoxy) is 3. The number of aliphatic hydroxyl groups is 1.